The van der Waals surface area contributed by atoms with E-state index < -0.39 is 21.7 Å². The third-order valence-corrected chi connectivity index (χ3v) is 5.21. The molecule has 7 heteroatoms. The molecule has 0 radical (unpaired) electrons. The van der Waals surface area contributed by atoms with Gasteiger partial charge in [-0.25, -0.2) is 12.8 Å². The fourth-order valence-electron chi connectivity index (χ4n) is 2.72. The fraction of sp³-hybridized carbons (Fsp3) is 0.316. The summed E-state index contributed by atoms with van der Waals surface area (Å²) in [5.74, 6) is -0.925. The summed E-state index contributed by atoms with van der Waals surface area (Å²) in [6, 6.07) is 10.8. The predicted octanol–water partition coefficient (Wildman–Crippen LogP) is 3.36. The lowest BCUT2D eigenvalue weighted by Gasteiger charge is -2.22. The Hall–Kier alpha value is -2.41. The lowest BCUT2D eigenvalue weighted by molar-refractivity contribution is -0.114. The number of carbonyl (C=O) groups excluding carboxylic acids is 1. The van der Waals surface area contributed by atoms with Crippen molar-refractivity contribution in [3.05, 3.63) is 59.4 Å². The van der Waals surface area contributed by atoms with Crippen LogP contribution in [0.4, 0.5) is 15.8 Å². The molecule has 0 aliphatic carbocycles. The Morgan fingerprint density at radius 3 is 2.04 bits per heavy atom. The molecule has 5 nitrogen and oxygen atoms in total. The Kier molecular flexibility index (Phi) is 6.37. The zero-order valence-corrected chi connectivity index (χ0v) is 15.9. The minimum Gasteiger partial charge on any atom is -0.324 e. The van der Waals surface area contributed by atoms with E-state index in [0.29, 0.717) is 0 Å². The molecule has 140 valence electrons. The van der Waals surface area contributed by atoms with Crippen LogP contribution in [0.25, 0.3) is 0 Å². The second kappa shape index (κ2) is 8.31. The van der Waals surface area contributed by atoms with Crippen molar-refractivity contribution in [2.75, 3.05) is 22.4 Å². The highest BCUT2D eigenvalue weighted by molar-refractivity contribution is 7.92. The summed E-state index contributed by atoms with van der Waals surface area (Å²) in [4.78, 5) is 12.6. The van der Waals surface area contributed by atoms with Crippen molar-refractivity contribution in [3.8, 4) is 0 Å². The topological polar surface area (TPSA) is 66.5 Å². The molecule has 0 unspecified atom stereocenters. The molecule has 0 atom stereocenters. The number of hydrogen-bond acceptors (Lipinski definition) is 3. The van der Waals surface area contributed by atoms with Crippen LogP contribution in [0.1, 0.15) is 25.0 Å². The molecule has 0 aromatic heterocycles. The van der Waals surface area contributed by atoms with E-state index in [1.807, 2.05) is 32.0 Å². The third-order valence-electron chi connectivity index (χ3n) is 4.07. The number of nitrogens with one attached hydrogen (secondary N) is 1. The fourth-order valence-corrected chi connectivity index (χ4v) is 3.58. The van der Waals surface area contributed by atoms with Gasteiger partial charge in [-0.05, 0) is 48.2 Å². The van der Waals surface area contributed by atoms with E-state index in [0.717, 1.165) is 52.3 Å². The van der Waals surface area contributed by atoms with Crippen molar-refractivity contribution in [1.82, 2.24) is 0 Å². The van der Waals surface area contributed by atoms with Crippen LogP contribution in [0.2, 0.25) is 0 Å². The van der Waals surface area contributed by atoms with Crippen LogP contribution >= 0.6 is 0 Å². The molecule has 0 saturated heterocycles. The van der Waals surface area contributed by atoms with Gasteiger partial charge in [0.1, 0.15) is 12.4 Å². The molecule has 0 saturated carbocycles. The van der Waals surface area contributed by atoms with E-state index in [1.54, 1.807) is 0 Å². The Morgan fingerprint density at radius 2 is 1.58 bits per heavy atom. The standard InChI is InChI=1S/C19H23FN2O3S/c1-4-14-7-6-8-15(5-2)19(14)21-18(23)13-22(26(3,24)25)17-11-9-16(20)10-12-17/h6-12H,4-5,13H2,1-3H3,(H,21,23). The second-order valence-corrected chi connectivity index (χ2v) is 7.86. The van der Waals surface area contributed by atoms with Crippen molar-refractivity contribution >= 4 is 27.3 Å². The average molecular weight is 378 g/mol. The summed E-state index contributed by atoms with van der Waals surface area (Å²) in [6.45, 7) is 3.60. The maximum atomic E-state index is 13.1. The number of benzene rings is 2. The number of amides is 1. The van der Waals surface area contributed by atoms with E-state index in [1.165, 1.54) is 12.1 Å². The van der Waals surface area contributed by atoms with Gasteiger partial charge >= 0.3 is 0 Å². The Labute approximate surface area is 153 Å². The maximum absolute atomic E-state index is 13.1. The Balaban J connectivity index is 2.28. The molecule has 0 bridgehead atoms. The predicted molar refractivity (Wildman–Crippen MR) is 102 cm³/mol. The first-order valence-corrected chi connectivity index (χ1v) is 10.2. The molecule has 1 amide bonds. The van der Waals surface area contributed by atoms with Crippen molar-refractivity contribution in [1.29, 1.82) is 0 Å². The first-order chi connectivity index (χ1) is 12.3. The van der Waals surface area contributed by atoms with Gasteiger partial charge in [-0.3, -0.25) is 9.10 Å². The molecule has 2 rings (SSSR count). The highest BCUT2D eigenvalue weighted by Gasteiger charge is 2.21. The van der Waals surface area contributed by atoms with Crippen molar-refractivity contribution < 1.29 is 17.6 Å². The summed E-state index contributed by atoms with van der Waals surface area (Å²) in [7, 11) is -3.70. The minimum absolute atomic E-state index is 0.239. The summed E-state index contributed by atoms with van der Waals surface area (Å²) < 4.78 is 38.3. The summed E-state index contributed by atoms with van der Waals surface area (Å²) in [5, 5.41) is 2.85. The first-order valence-electron chi connectivity index (χ1n) is 8.40. The van der Waals surface area contributed by atoms with Crippen LogP contribution in [0, 0.1) is 5.82 Å². The van der Waals surface area contributed by atoms with Crippen molar-refractivity contribution in [2.24, 2.45) is 0 Å². The van der Waals surface area contributed by atoms with Gasteiger partial charge in [0.25, 0.3) is 0 Å². The number of carbonyl (C=O) groups is 1. The Morgan fingerprint density at radius 1 is 1.04 bits per heavy atom. The average Bonchev–Trinajstić information content (AvgIpc) is 2.60. The molecule has 2 aromatic carbocycles. The van der Waals surface area contributed by atoms with Gasteiger partial charge in [0.15, 0.2) is 0 Å². The van der Waals surface area contributed by atoms with Gasteiger partial charge in [-0.1, -0.05) is 32.0 Å². The third kappa shape index (κ3) is 4.82. The molecular formula is C19H23FN2O3S. The maximum Gasteiger partial charge on any atom is 0.245 e. The number of nitrogens with zero attached hydrogens (tertiary/aromatic N) is 1. The summed E-state index contributed by atoms with van der Waals surface area (Å²) >= 11 is 0. The van der Waals surface area contributed by atoms with Crippen LogP contribution in [0.3, 0.4) is 0 Å². The van der Waals surface area contributed by atoms with Gasteiger partial charge in [0.05, 0.1) is 11.9 Å². The zero-order valence-electron chi connectivity index (χ0n) is 15.1. The SMILES string of the molecule is CCc1cccc(CC)c1NC(=O)CN(c1ccc(F)cc1)S(C)(=O)=O. The zero-order chi connectivity index (χ0) is 19.3. The van der Waals surface area contributed by atoms with E-state index in [9.17, 15) is 17.6 Å². The number of hydrogen-bond donors (Lipinski definition) is 1. The molecule has 2 aromatic rings. The number of rotatable bonds is 7. The lowest BCUT2D eigenvalue weighted by Crippen LogP contribution is -2.37. The number of aryl methyl sites for hydroxylation is 2. The molecule has 0 aliphatic heterocycles. The van der Waals surface area contributed by atoms with E-state index >= 15 is 0 Å². The molecule has 0 fully saturated rings. The highest BCUT2D eigenvalue weighted by atomic mass is 32.2. The summed E-state index contributed by atoms with van der Waals surface area (Å²) in [5.41, 5.74) is 2.95. The molecule has 0 spiro atoms. The van der Waals surface area contributed by atoms with Crippen molar-refractivity contribution in [3.63, 3.8) is 0 Å². The number of anilines is 2. The molecule has 0 heterocycles. The molecule has 0 aliphatic rings. The van der Waals surface area contributed by atoms with Crippen LogP contribution in [-0.4, -0.2) is 27.1 Å². The van der Waals surface area contributed by atoms with Gasteiger partial charge in [-0.15, -0.1) is 0 Å². The monoisotopic (exact) mass is 378 g/mol. The van der Waals surface area contributed by atoms with Crippen LogP contribution in [0.5, 0.6) is 0 Å². The van der Waals surface area contributed by atoms with Crippen LogP contribution in [-0.2, 0) is 27.7 Å². The van der Waals surface area contributed by atoms with E-state index in [4.69, 9.17) is 0 Å². The van der Waals surface area contributed by atoms with Gasteiger partial charge in [0.2, 0.25) is 15.9 Å². The minimum atomic E-state index is -3.70. The second-order valence-electron chi connectivity index (χ2n) is 5.95. The van der Waals surface area contributed by atoms with E-state index in [-0.39, 0.29) is 12.2 Å². The smallest absolute Gasteiger partial charge is 0.245 e. The van der Waals surface area contributed by atoms with Gasteiger partial charge in [-0.2, -0.15) is 0 Å². The Bertz CT molecular complexity index is 858. The molecule has 26 heavy (non-hydrogen) atoms. The normalized spacial score (nSPS) is 11.2. The quantitative estimate of drug-likeness (QED) is 0.803. The molecule has 1 N–H and O–H groups in total. The highest BCUT2D eigenvalue weighted by Crippen LogP contribution is 2.23. The van der Waals surface area contributed by atoms with Crippen LogP contribution in [0.15, 0.2) is 42.5 Å². The largest absolute Gasteiger partial charge is 0.324 e. The van der Waals surface area contributed by atoms with Gasteiger partial charge in [0, 0.05) is 5.69 Å². The summed E-state index contributed by atoms with van der Waals surface area (Å²) in [6.07, 6.45) is 2.51. The van der Waals surface area contributed by atoms with E-state index in [2.05, 4.69) is 5.32 Å². The molecular weight excluding hydrogens is 355 g/mol. The number of sulfonamides is 1. The van der Waals surface area contributed by atoms with Crippen LogP contribution < -0.4 is 9.62 Å². The lowest BCUT2D eigenvalue weighted by atomic mass is 10.0. The number of para-hydroxylation sites is 1. The van der Waals surface area contributed by atoms with Gasteiger partial charge < -0.3 is 5.32 Å². The van der Waals surface area contributed by atoms with Crippen molar-refractivity contribution in [2.45, 2.75) is 26.7 Å². The number of halogens is 1. The first kappa shape index (κ1) is 19.9.